The summed E-state index contributed by atoms with van der Waals surface area (Å²) in [5.41, 5.74) is 0.917. The van der Waals surface area contributed by atoms with Crippen molar-refractivity contribution in [1.82, 2.24) is 0 Å². The highest BCUT2D eigenvalue weighted by Crippen LogP contribution is 2.30. The van der Waals surface area contributed by atoms with Gasteiger partial charge in [0.2, 0.25) is 0 Å². The van der Waals surface area contributed by atoms with Crippen LogP contribution in [0.3, 0.4) is 0 Å². The van der Waals surface area contributed by atoms with Crippen molar-refractivity contribution in [3.05, 3.63) is 44.8 Å². The summed E-state index contributed by atoms with van der Waals surface area (Å²) in [6, 6.07) is 11.7. The molecule has 0 spiro atoms. The fourth-order valence-electron chi connectivity index (χ4n) is 1.31. The molecule has 0 amide bonds. The molecule has 2 rings (SSSR count). The van der Waals surface area contributed by atoms with Crippen LogP contribution in [0, 0.1) is 22.7 Å². The second-order valence-electron chi connectivity index (χ2n) is 2.93. The van der Waals surface area contributed by atoms with Crippen LogP contribution in [0.25, 0.3) is 11.1 Å². The van der Waals surface area contributed by atoms with E-state index >= 15 is 0 Å². The summed E-state index contributed by atoms with van der Waals surface area (Å²) < 4.78 is 0. The molecule has 4 heteroatoms. The van der Waals surface area contributed by atoms with Crippen molar-refractivity contribution >= 4 is 33.8 Å². The monoisotopic (exact) mass is 242 g/mol. The highest BCUT2D eigenvalue weighted by molar-refractivity contribution is 7.12. The molecule has 0 fully saturated rings. The molecule has 0 bridgehead atoms. The normalized spacial score (nSPS) is 11.4. The van der Waals surface area contributed by atoms with Crippen molar-refractivity contribution in [2.24, 2.45) is 0 Å². The lowest BCUT2D eigenvalue weighted by Gasteiger charge is -1.97. The van der Waals surface area contributed by atoms with Gasteiger partial charge in [0.25, 0.3) is 0 Å². The molecule has 0 saturated heterocycles. The van der Waals surface area contributed by atoms with E-state index in [0.29, 0.717) is 11.1 Å². The first-order valence-corrected chi connectivity index (χ1v) is 6.25. The van der Waals surface area contributed by atoms with E-state index in [9.17, 15) is 0 Å². The summed E-state index contributed by atoms with van der Waals surface area (Å²) in [6.45, 7) is 0. The third kappa shape index (κ3) is 1.90. The lowest BCUT2D eigenvalue weighted by atomic mass is 10.1. The second-order valence-corrected chi connectivity index (χ2v) is 4.82. The maximum atomic E-state index is 9.15. The lowest BCUT2D eigenvalue weighted by Crippen LogP contribution is -1.83. The van der Waals surface area contributed by atoms with Gasteiger partial charge in [-0.05, 0) is 22.9 Å². The van der Waals surface area contributed by atoms with Crippen LogP contribution in [0.4, 0.5) is 0 Å². The fraction of sp³-hybridized carbons (Fsp3) is 0. The van der Waals surface area contributed by atoms with Crippen LogP contribution in [0.15, 0.2) is 35.0 Å². The maximum Gasteiger partial charge on any atom is 0.102 e. The molecule has 2 aromatic heterocycles. The Morgan fingerprint density at radius 1 is 0.875 bits per heavy atom. The van der Waals surface area contributed by atoms with Gasteiger partial charge in [0, 0.05) is 9.75 Å². The van der Waals surface area contributed by atoms with Crippen LogP contribution < -0.4 is 0 Å². The maximum absolute atomic E-state index is 9.15. The van der Waals surface area contributed by atoms with Gasteiger partial charge in [0.15, 0.2) is 0 Å². The molecule has 2 nitrogen and oxygen atoms in total. The molecule has 0 saturated carbocycles. The summed E-state index contributed by atoms with van der Waals surface area (Å²) in [4.78, 5) is 1.68. The minimum absolute atomic E-state index is 0.458. The zero-order chi connectivity index (χ0) is 11.4. The van der Waals surface area contributed by atoms with E-state index in [4.69, 9.17) is 10.5 Å². The van der Waals surface area contributed by atoms with E-state index in [2.05, 4.69) is 12.1 Å². The van der Waals surface area contributed by atoms with Crippen LogP contribution in [0.5, 0.6) is 0 Å². The van der Waals surface area contributed by atoms with Gasteiger partial charge >= 0.3 is 0 Å². The second kappa shape index (κ2) is 4.76. The Labute approximate surface area is 101 Å². The van der Waals surface area contributed by atoms with Gasteiger partial charge in [-0.25, -0.2) is 0 Å². The Kier molecular flexibility index (Phi) is 3.16. The number of rotatable bonds is 2. The van der Waals surface area contributed by atoms with Gasteiger partial charge in [-0.1, -0.05) is 12.1 Å². The smallest absolute Gasteiger partial charge is 0.102 e. The van der Waals surface area contributed by atoms with Crippen molar-refractivity contribution in [3.63, 3.8) is 0 Å². The molecule has 0 aliphatic rings. The molecule has 0 aliphatic heterocycles. The minimum Gasteiger partial charge on any atom is -0.192 e. The van der Waals surface area contributed by atoms with Crippen LogP contribution >= 0.6 is 22.7 Å². The third-order valence-corrected chi connectivity index (χ3v) is 3.78. The van der Waals surface area contributed by atoms with Crippen LogP contribution in [0.1, 0.15) is 9.75 Å². The average Bonchev–Trinajstić information content (AvgIpc) is 2.97. The third-order valence-electron chi connectivity index (χ3n) is 2.01. The van der Waals surface area contributed by atoms with Crippen molar-refractivity contribution in [2.75, 3.05) is 0 Å². The number of thiophene rings is 2. The van der Waals surface area contributed by atoms with Crippen LogP contribution in [0.2, 0.25) is 0 Å². The largest absolute Gasteiger partial charge is 0.192 e. The molecule has 76 valence electrons. The molecular weight excluding hydrogens is 236 g/mol. The number of nitrogens with zero attached hydrogens (tertiary/aromatic N) is 2. The summed E-state index contributed by atoms with van der Waals surface area (Å²) in [5, 5.41) is 22.1. The standard InChI is InChI=1S/C12H6N2S2/c13-7-9(11-3-1-5-15-11)10(8-14)12-4-2-6-16-12/h1-6H/b10-9+. The zero-order valence-corrected chi connectivity index (χ0v) is 9.81. The summed E-state index contributed by atoms with van der Waals surface area (Å²) in [6.07, 6.45) is 0. The van der Waals surface area contributed by atoms with Gasteiger partial charge in [0.1, 0.15) is 12.1 Å². The predicted molar refractivity (Wildman–Crippen MR) is 66.7 cm³/mol. The molecule has 0 N–H and O–H groups in total. The number of hydrogen-bond acceptors (Lipinski definition) is 4. The molecule has 0 aliphatic carbocycles. The van der Waals surface area contributed by atoms with E-state index in [-0.39, 0.29) is 0 Å². The molecule has 0 radical (unpaired) electrons. The zero-order valence-electron chi connectivity index (χ0n) is 8.18. The van der Waals surface area contributed by atoms with Gasteiger partial charge in [-0.2, -0.15) is 10.5 Å². The Hall–Kier alpha value is -1.88. The van der Waals surface area contributed by atoms with Crippen molar-refractivity contribution in [1.29, 1.82) is 10.5 Å². The molecule has 16 heavy (non-hydrogen) atoms. The van der Waals surface area contributed by atoms with Crippen molar-refractivity contribution in [2.45, 2.75) is 0 Å². The highest BCUT2D eigenvalue weighted by Gasteiger charge is 2.12. The Morgan fingerprint density at radius 3 is 1.56 bits per heavy atom. The Balaban J connectivity index is 2.61. The summed E-state index contributed by atoms with van der Waals surface area (Å²) in [7, 11) is 0. The molecule has 2 heterocycles. The molecule has 2 aromatic rings. The first kappa shape index (κ1) is 10.6. The van der Waals surface area contributed by atoms with Gasteiger partial charge in [0.05, 0.1) is 11.1 Å². The first-order chi connectivity index (χ1) is 7.86. The van der Waals surface area contributed by atoms with Gasteiger partial charge in [-0.15, -0.1) is 22.7 Å². The topological polar surface area (TPSA) is 47.6 Å². The van der Waals surface area contributed by atoms with E-state index in [0.717, 1.165) is 9.75 Å². The average molecular weight is 242 g/mol. The van der Waals surface area contributed by atoms with E-state index in [1.165, 1.54) is 22.7 Å². The van der Waals surface area contributed by atoms with Crippen molar-refractivity contribution in [3.8, 4) is 12.1 Å². The molecule has 0 unspecified atom stereocenters. The number of hydrogen-bond donors (Lipinski definition) is 0. The Bertz CT molecular complexity index is 524. The van der Waals surface area contributed by atoms with Crippen LogP contribution in [-0.4, -0.2) is 0 Å². The quantitative estimate of drug-likeness (QED) is 0.753. The van der Waals surface area contributed by atoms with E-state index in [1.54, 1.807) is 0 Å². The van der Waals surface area contributed by atoms with E-state index < -0.39 is 0 Å². The van der Waals surface area contributed by atoms with E-state index in [1.807, 2.05) is 35.0 Å². The fourth-order valence-corrected chi connectivity index (χ4v) is 2.76. The molecular formula is C12H6N2S2. The minimum atomic E-state index is 0.458. The predicted octanol–water partition coefficient (Wildman–Crippen LogP) is 3.77. The number of allylic oxidation sites excluding steroid dienone is 2. The van der Waals surface area contributed by atoms with Gasteiger partial charge < -0.3 is 0 Å². The Morgan fingerprint density at radius 2 is 1.31 bits per heavy atom. The molecule has 0 aromatic carbocycles. The SMILES string of the molecule is N#C/C(=C(/C#N)c1cccs1)c1cccs1. The molecule has 0 atom stereocenters. The van der Waals surface area contributed by atoms with Gasteiger partial charge in [-0.3, -0.25) is 0 Å². The first-order valence-electron chi connectivity index (χ1n) is 4.49. The highest BCUT2D eigenvalue weighted by atomic mass is 32.1. The van der Waals surface area contributed by atoms with Crippen LogP contribution in [-0.2, 0) is 0 Å². The summed E-state index contributed by atoms with van der Waals surface area (Å²) >= 11 is 2.94. The lowest BCUT2D eigenvalue weighted by molar-refractivity contribution is 1.52. The summed E-state index contributed by atoms with van der Waals surface area (Å²) in [5.74, 6) is 0. The number of nitriles is 2. The van der Waals surface area contributed by atoms with Crippen molar-refractivity contribution < 1.29 is 0 Å².